The van der Waals surface area contributed by atoms with E-state index in [1.807, 2.05) is 0 Å². The summed E-state index contributed by atoms with van der Waals surface area (Å²) in [6.07, 6.45) is 0. The van der Waals surface area contributed by atoms with Gasteiger partial charge in [-0.2, -0.15) is 0 Å². The summed E-state index contributed by atoms with van der Waals surface area (Å²) in [7, 11) is 0. The largest absolute Gasteiger partial charge is 0.456 e. The van der Waals surface area contributed by atoms with Gasteiger partial charge in [0.1, 0.15) is 11.5 Å². The fraction of sp³-hybridized carbons (Fsp3) is 0. The Bertz CT molecular complexity index is 2160. The summed E-state index contributed by atoms with van der Waals surface area (Å²) < 4.78 is 7.11. The maximum absolute atomic E-state index is 7.11. The molecule has 0 aromatic heterocycles. The van der Waals surface area contributed by atoms with E-state index in [1.54, 1.807) is 0 Å². The molecule has 0 saturated heterocycles. The van der Waals surface area contributed by atoms with Crippen LogP contribution in [0.25, 0.3) is 66.8 Å². The van der Waals surface area contributed by atoms with Gasteiger partial charge < -0.3 is 4.74 Å². The van der Waals surface area contributed by atoms with E-state index in [0.29, 0.717) is 0 Å². The van der Waals surface area contributed by atoms with Crippen molar-refractivity contribution in [3.8, 4) is 78.3 Å². The summed E-state index contributed by atoms with van der Waals surface area (Å²) in [5.41, 5.74) is 13.6. The second kappa shape index (κ2) is 13.7. The van der Waals surface area contributed by atoms with E-state index in [2.05, 4.69) is 206 Å². The van der Waals surface area contributed by atoms with Crippen LogP contribution in [0.4, 0.5) is 0 Å². The van der Waals surface area contributed by atoms with Crippen LogP contribution in [0.2, 0.25) is 0 Å². The molecule has 232 valence electrons. The molecule has 0 aliphatic heterocycles. The maximum Gasteiger partial charge on any atom is 0.135 e. The molecule has 49 heavy (non-hydrogen) atoms. The molecule has 1 heteroatoms. The standard InChI is InChI=1S/C48H34O/c1-5-17-35(18-6-1)39-29-31-47(45(33-39)43-27-15-13-25-41(43)37-21-9-3-10-22-37)49-48-32-30-40(36-19-7-2-8-20-36)34-46(48)44-28-16-14-26-42(44)38-23-11-4-12-24-38/h1-34H. The van der Waals surface area contributed by atoms with Crippen LogP contribution in [-0.2, 0) is 0 Å². The fourth-order valence-electron chi connectivity index (χ4n) is 6.57. The van der Waals surface area contributed by atoms with Crippen LogP contribution in [0.5, 0.6) is 11.5 Å². The monoisotopic (exact) mass is 626 g/mol. The van der Waals surface area contributed by atoms with Crippen molar-refractivity contribution in [1.29, 1.82) is 0 Å². The minimum Gasteiger partial charge on any atom is -0.456 e. The molecule has 0 aliphatic carbocycles. The van der Waals surface area contributed by atoms with Crippen LogP contribution in [-0.4, -0.2) is 0 Å². The van der Waals surface area contributed by atoms with Crippen molar-refractivity contribution in [2.24, 2.45) is 0 Å². The molecule has 0 unspecified atom stereocenters. The lowest BCUT2D eigenvalue weighted by atomic mass is 9.91. The molecule has 8 rings (SSSR count). The second-order valence-corrected chi connectivity index (χ2v) is 12.1. The van der Waals surface area contributed by atoms with E-state index in [1.165, 1.54) is 11.1 Å². The lowest BCUT2D eigenvalue weighted by Gasteiger charge is -2.20. The van der Waals surface area contributed by atoms with Gasteiger partial charge in [0.25, 0.3) is 0 Å². The van der Waals surface area contributed by atoms with Crippen molar-refractivity contribution < 1.29 is 4.74 Å². The van der Waals surface area contributed by atoms with Crippen molar-refractivity contribution in [3.05, 3.63) is 206 Å². The predicted molar refractivity (Wildman–Crippen MR) is 206 cm³/mol. The third kappa shape index (κ3) is 6.31. The SMILES string of the molecule is c1ccc(-c2ccc(Oc3ccc(-c4ccccc4)cc3-c3ccccc3-c3ccccc3)c(-c3ccccc3-c3ccccc3)c2)cc1. The van der Waals surface area contributed by atoms with Gasteiger partial charge in [-0.15, -0.1) is 0 Å². The molecule has 0 aliphatic rings. The number of benzene rings is 8. The average Bonchev–Trinajstić information content (AvgIpc) is 3.19. The highest BCUT2D eigenvalue weighted by Crippen LogP contribution is 2.45. The summed E-state index contributed by atoms with van der Waals surface area (Å²) >= 11 is 0. The highest BCUT2D eigenvalue weighted by molar-refractivity contribution is 5.91. The molecular formula is C48H34O. The van der Waals surface area contributed by atoms with E-state index in [0.717, 1.165) is 67.1 Å². The minimum atomic E-state index is 0.800. The first-order valence-corrected chi connectivity index (χ1v) is 16.7. The Kier molecular flexibility index (Phi) is 8.39. The summed E-state index contributed by atoms with van der Waals surface area (Å²) in [5.74, 6) is 1.60. The Morgan fingerprint density at radius 2 is 0.510 bits per heavy atom. The summed E-state index contributed by atoms with van der Waals surface area (Å²) in [6.45, 7) is 0. The summed E-state index contributed by atoms with van der Waals surface area (Å²) in [4.78, 5) is 0. The molecule has 0 saturated carbocycles. The molecule has 0 bridgehead atoms. The predicted octanol–water partition coefficient (Wildman–Crippen LogP) is 13.5. The van der Waals surface area contributed by atoms with Crippen LogP contribution in [0.1, 0.15) is 0 Å². The van der Waals surface area contributed by atoms with Crippen molar-refractivity contribution in [1.82, 2.24) is 0 Å². The average molecular weight is 627 g/mol. The van der Waals surface area contributed by atoms with Gasteiger partial charge in [-0.05, 0) is 79.9 Å². The maximum atomic E-state index is 7.11. The lowest BCUT2D eigenvalue weighted by Crippen LogP contribution is -1.95. The molecule has 0 heterocycles. The topological polar surface area (TPSA) is 9.23 Å². The Balaban J connectivity index is 1.32. The van der Waals surface area contributed by atoms with Gasteiger partial charge in [0.05, 0.1) is 0 Å². The molecule has 0 radical (unpaired) electrons. The zero-order valence-electron chi connectivity index (χ0n) is 27.0. The minimum absolute atomic E-state index is 0.800. The van der Waals surface area contributed by atoms with E-state index >= 15 is 0 Å². The van der Waals surface area contributed by atoms with E-state index in [9.17, 15) is 0 Å². The number of rotatable bonds is 8. The Morgan fingerprint density at radius 1 is 0.204 bits per heavy atom. The molecule has 8 aromatic carbocycles. The third-order valence-electron chi connectivity index (χ3n) is 9.00. The van der Waals surface area contributed by atoms with Crippen molar-refractivity contribution in [3.63, 3.8) is 0 Å². The first-order chi connectivity index (χ1) is 24.3. The fourth-order valence-corrected chi connectivity index (χ4v) is 6.57. The highest BCUT2D eigenvalue weighted by atomic mass is 16.5. The van der Waals surface area contributed by atoms with Gasteiger partial charge in [-0.25, -0.2) is 0 Å². The first-order valence-electron chi connectivity index (χ1n) is 16.7. The van der Waals surface area contributed by atoms with Crippen LogP contribution in [0, 0.1) is 0 Å². The van der Waals surface area contributed by atoms with E-state index in [-0.39, 0.29) is 0 Å². The van der Waals surface area contributed by atoms with Crippen LogP contribution in [0.15, 0.2) is 206 Å². The smallest absolute Gasteiger partial charge is 0.135 e. The Morgan fingerprint density at radius 3 is 0.878 bits per heavy atom. The Labute approximate surface area is 288 Å². The summed E-state index contributed by atoms with van der Waals surface area (Å²) in [6, 6.07) is 72.6. The quantitative estimate of drug-likeness (QED) is 0.163. The van der Waals surface area contributed by atoms with Crippen molar-refractivity contribution in [2.45, 2.75) is 0 Å². The van der Waals surface area contributed by atoms with Crippen molar-refractivity contribution >= 4 is 0 Å². The van der Waals surface area contributed by atoms with E-state index in [4.69, 9.17) is 4.74 Å². The zero-order chi connectivity index (χ0) is 32.8. The van der Waals surface area contributed by atoms with Gasteiger partial charge in [-0.1, -0.05) is 182 Å². The van der Waals surface area contributed by atoms with Crippen molar-refractivity contribution in [2.75, 3.05) is 0 Å². The van der Waals surface area contributed by atoms with Gasteiger partial charge >= 0.3 is 0 Å². The molecule has 0 amide bonds. The van der Waals surface area contributed by atoms with Crippen LogP contribution >= 0.6 is 0 Å². The molecule has 0 atom stereocenters. The normalized spacial score (nSPS) is 10.9. The molecule has 1 nitrogen and oxygen atoms in total. The van der Waals surface area contributed by atoms with E-state index < -0.39 is 0 Å². The first kappa shape index (κ1) is 29.9. The second-order valence-electron chi connectivity index (χ2n) is 12.1. The molecule has 0 fully saturated rings. The van der Waals surface area contributed by atoms with Gasteiger partial charge in [0.2, 0.25) is 0 Å². The number of hydrogen-bond acceptors (Lipinski definition) is 1. The number of hydrogen-bond donors (Lipinski definition) is 0. The van der Waals surface area contributed by atoms with Crippen LogP contribution in [0.3, 0.4) is 0 Å². The number of ether oxygens (including phenoxy) is 1. The molecular weight excluding hydrogens is 593 g/mol. The van der Waals surface area contributed by atoms with Gasteiger partial charge in [-0.3, -0.25) is 0 Å². The summed E-state index contributed by atoms with van der Waals surface area (Å²) in [5, 5.41) is 0. The van der Waals surface area contributed by atoms with Gasteiger partial charge in [0, 0.05) is 11.1 Å². The molecule has 0 N–H and O–H groups in total. The highest BCUT2D eigenvalue weighted by Gasteiger charge is 2.18. The lowest BCUT2D eigenvalue weighted by molar-refractivity contribution is 0.486. The third-order valence-corrected chi connectivity index (χ3v) is 9.00. The molecule has 0 spiro atoms. The molecule has 8 aromatic rings. The Hall–Kier alpha value is -6.44. The van der Waals surface area contributed by atoms with Crippen LogP contribution < -0.4 is 4.74 Å². The zero-order valence-corrected chi connectivity index (χ0v) is 27.0. The van der Waals surface area contributed by atoms with Gasteiger partial charge in [0.15, 0.2) is 0 Å².